The molecule has 0 saturated carbocycles. The molecule has 2 aliphatic heterocycles. The molecule has 5 rings (SSSR count). The fraction of sp³-hybridized carbons (Fsp3) is 0.368. The van der Waals surface area contributed by atoms with Gasteiger partial charge in [0.1, 0.15) is 17.0 Å². The lowest BCUT2D eigenvalue weighted by Gasteiger charge is -2.33. The zero-order valence-corrected chi connectivity index (χ0v) is 14.7. The molecular weight excluding hydrogens is 334 g/mol. The van der Waals surface area contributed by atoms with Gasteiger partial charge in [-0.2, -0.15) is 0 Å². The number of rotatable bonds is 3. The van der Waals surface area contributed by atoms with Crippen LogP contribution in [0.25, 0.3) is 10.2 Å². The third-order valence-corrected chi connectivity index (χ3v) is 5.94. The van der Waals surface area contributed by atoms with Gasteiger partial charge in [0.15, 0.2) is 11.5 Å². The molecule has 1 saturated heterocycles. The van der Waals surface area contributed by atoms with E-state index in [0.29, 0.717) is 12.7 Å². The number of hydrogen-bond acceptors (Lipinski definition) is 6. The van der Waals surface area contributed by atoms with Crippen LogP contribution in [-0.2, 0) is 6.42 Å². The average Bonchev–Trinajstić information content (AvgIpc) is 3.31. The van der Waals surface area contributed by atoms with Crippen LogP contribution in [0.3, 0.4) is 0 Å². The van der Waals surface area contributed by atoms with Gasteiger partial charge in [-0.25, -0.2) is 9.97 Å². The Morgan fingerprint density at radius 2 is 1.96 bits per heavy atom. The largest absolute Gasteiger partial charge is 0.454 e. The molecule has 5 nitrogen and oxygen atoms in total. The fourth-order valence-corrected chi connectivity index (χ4v) is 4.51. The summed E-state index contributed by atoms with van der Waals surface area (Å²) in [6.07, 6.45) is 5.16. The third kappa shape index (κ3) is 2.80. The first-order valence-corrected chi connectivity index (χ1v) is 9.56. The van der Waals surface area contributed by atoms with Gasteiger partial charge < -0.3 is 14.4 Å². The smallest absolute Gasteiger partial charge is 0.231 e. The maximum atomic E-state index is 5.49. The van der Waals surface area contributed by atoms with Gasteiger partial charge in [0.25, 0.3) is 0 Å². The number of anilines is 1. The van der Waals surface area contributed by atoms with Gasteiger partial charge in [0.05, 0.1) is 5.39 Å². The molecule has 0 amide bonds. The van der Waals surface area contributed by atoms with E-state index < -0.39 is 0 Å². The third-order valence-electron chi connectivity index (χ3n) is 5.12. The van der Waals surface area contributed by atoms with E-state index in [1.54, 1.807) is 17.7 Å². The molecule has 0 aliphatic carbocycles. The molecule has 2 aliphatic rings. The number of fused-ring (bicyclic) bond motifs is 2. The SMILES string of the molecule is c1nc(N2CCC(Cc3ccc4c(c3)OCO4)CC2)c2ccsc2n1. The summed E-state index contributed by atoms with van der Waals surface area (Å²) < 4.78 is 10.9. The maximum Gasteiger partial charge on any atom is 0.231 e. The number of ether oxygens (including phenoxy) is 2. The summed E-state index contributed by atoms with van der Waals surface area (Å²) in [4.78, 5) is 12.4. The van der Waals surface area contributed by atoms with Gasteiger partial charge >= 0.3 is 0 Å². The van der Waals surface area contributed by atoms with Crippen molar-refractivity contribution in [3.8, 4) is 11.5 Å². The maximum absolute atomic E-state index is 5.49. The van der Waals surface area contributed by atoms with Crippen molar-refractivity contribution in [2.75, 3.05) is 24.8 Å². The standard InChI is InChI=1S/C19H19N3O2S/c1-2-16-17(24-12-23-16)10-14(1)9-13-3-6-22(7-4-13)18-15-5-8-25-19(15)21-11-20-18/h1-2,5,8,10-11,13H,3-4,6-7,9,12H2. The average molecular weight is 353 g/mol. The first-order valence-electron chi connectivity index (χ1n) is 8.68. The lowest BCUT2D eigenvalue weighted by atomic mass is 9.90. The fourth-order valence-electron chi connectivity index (χ4n) is 3.78. The van der Waals surface area contributed by atoms with Crippen LogP contribution in [0, 0.1) is 5.92 Å². The van der Waals surface area contributed by atoms with Gasteiger partial charge in [0, 0.05) is 13.1 Å². The topological polar surface area (TPSA) is 47.5 Å². The van der Waals surface area contributed by atoms with Crippen molar-refractivity contribution in [3.05, 3.63) is 41.5 Å². The highest BCUT2D eigenvalue weighted by Crippen LogP contribution is 2.35. The molecule has 0 atom stereocenters. The lowest BCUT2D eigenvalue weighted by Crippen LogP contribution is -2.35. The quantitative estimate of drug-likeness (QED) is 0.715. The van der Waals surface area contributed by atoms with Crippen molar-refractivity contribution in [3.63, 3.8) is 0 Å². The molecule has 4 heterocycles. The Bertz CT molecular complexity index is 903. The van der Waals surface area contributed by atoms with E-state index in [1.807, 2.05) is 6.07 Å². The number of aromatic nitrogens is 2. The van der Waals surface area contributed by atoms with Crippen molar-refractivity contribution >= 4 is 27.4 Å². The summed E-state index contributed by atoms with van der Waals surface area (Å²) in [6.45, 7) is 2.45. The Balaban J connectivity index is 1.26. The normalized spacial score (nSPS) is 17.4. The molecule has 0 unspecified atom stereocenters. The van der Waals surface area contributed by atoms with E-state index in [2.05, 4.69) is 38.4 Å². The van der Waals surface area contributed by atoms with Crippen LogP contribution in [0.15, 0.2) is 36.0 Å². The summed E-state index contributed by atoms with van der Waals surface area (Å²) in [7, 11) is 0. The number of thiophene rings is 1. The van der Waals surface area contributed by atoms with E-state index in [4.69, 9.17) is 9.47 Å². The van der Waals surface area contributed by atoms with E-state index in [1.165, 1.54) is 23.8 Å². The summed E-state index contributed by atoms with van der Waals surface area (Å²) in [5.41, 5.74) is 1.34. The molecule has 0 spiro atoms. The number of nitrogens with zero attached hydrogens (tertiary/aromatic N) is 3. The molecule has 0 bridgehead atoms. The lowest BCUT2D eigenvalue weighted by molar-refractivity contribution is 0.174. The molecule has 25 heavy (non-hydrogen) atoms. The monoisotopic (exact) mass is 353 g/mol. The Morgan fingerprint density at radius 1 is 1.08 bits per heavy atom. The highest BCUT2D eigenvalue weighted by molar-refractivity contribution is 7.16. The van der Waals surface area contributed by atoms with Gasteiger partial charge in [0.2, 0.25) is 6.79 Å². The second-order valence-corrected chi connectivity index (χ2v) is 7.55. The van der Waals surface area contributed by atoms with Crippen molar-refractivity contribution in [2.24, 2.45) is 5.92 Å². The first kappa shape index (κ1) is 15.0. The Hall–Kier alpha value is -2.34. The van der Waals surface area contributed by atoms with Crippen molar-refractivity contribution < 1.29 is 9.47 Å². The van der Waals surface area contributed by atoms with Crippen molar-refractivity contribution in [1.29, 1.82) is 0 Å². The van der Waals surface area contributed by atoms with Gasteiger partial charge in [-0.15, -0.1) is 11.3 Å². The zero-order chi connectivity index (χ0) is 16.6. The molecule has 128 valence electrons. The zero-order valence-electron chi connectivity index (χ0n) is 13.9. The second kappa shape index (κ2) is 6.19. The predicted octanol–water partition coefficient (Wildman–Crippen LogP) is 3.88. The minimum atomic E-state index is 0.340. The molecular formula is C19H19N3O2S. The van der Waals surface area contributed by atoms with Gasteiger partial charge in [-0.3, -0.25) is 0 Å². The van der Waals surface area contributed by atoms with Gasteiger partial charge in [-0.1, -0.05) is 6.07 Å². The summed E-state index contributed by atoms with van der Waals surface area (Å²) in [5.74, 6) is 3.54. The minimum Gasteiger partial charge on any atom is -0.454 e. The van der Waals surface area contributed by atoms with Crippen LogP contribution in [0.5, 0.6) is 11.5 Å². The van der Waals surface area contributed by atoms with E-state index >= 15 is 0 Å². The minimum absolute atomic E-state index is 0.340. The van der Waals surface area contributed by atoms with Crippen LogP contribution in [0.1, 0.15) is 18.4 Å². The van der Waals surface area contributed by atoms with Crippen LogP contribution in [-0.4, -0.2) is 29.9 Å². The van der Waals surface area contributed by atoms with E-state index in [-0.39, 0.29) is 0 Å². The van der Waals surface area contributed by atoms with Crippen LogP contribution in [0.2, 0.25) is 0 Å². The van der Waals surface area contributed by atoms with Crippen LogP contribution in [0.4, 0.5) is 5.82 Å². The summed E-state index contributed by atoms with van der Waals surface area (Å²) >= 11 is 1.68. The first-order chi connectivity index (χ1) is 12.4. The van der Waals surface area contributed by atoms with E-state index in [9.17, 15) is 0 Å². The van der Waals surface area contributed by atoms with Crippen LogP contribution < -0.4 is 14.4 Å². The second-order valence-electron chi connectivity index (χ2n) is 6.66. The Labute approximate surface area is 150 Å². The molecule has 6 heteroatoms. The van der Waals surface area contributed by atoms with Crippen LogP contribution >= 0.6 is 11.3 Å². The van der Waals surface area contributed by atoms with Crippen molar-refractivity contribution in [2.45, 2.75) is 19.3 Å². The number of benzene rings is 1. The molecule has 0 N–H and O–H groups in total. The predicted molar refractivity (Wildman–Crippen MR) is 98.6 cm³/mol. The molecule has 0 radical (unpaired) electrons. The molecule has 3 aromatic rings. The summed E-state index contributed by atoms with van der Waals surface area (Å²) in [6, 6.07) is 8.46. The van der Waals surface area contributed by atoms with Crippen molar-refractivity contribution in [1.82, 2.24) is 9.97 Å². The summed E-state index contributed by atoms with van der Waals surface area (Å²) in [5, 5.41) is 3.27. The number of piperidine rings is 1. The highest BCUT2D eigenvalue weighted by Gasteiger charge is 2.23. The Morgan fingerprint density at radius 3 is 2.88 bits per heavy atom. The Kier molecular flexibility index (Phi) is 3.70. The molecule has 1 aromatic carbocycles. The highest BCUT2D eigenvalue weighted by atomic mass is 32.1. The molecule has 2 aromatic heterocycles. The van der Waals surface area contributed by atoms with Gasteiger partial charge in [-0.05, 0) is 54.3 Å². The molecule has 1 fully saturated rings. The number of hydrogen-bond donors (Lipinski definition) is 0. The van der Waals surface area contributed by atoms with E-state index in [0.717, 1.165) is 41.7 Å².